The van der Waals surface area contributed by atoms with Crippen LogP contribution in [0.5, 0.6) is 0 Å². The topological polar surface area (TPSA) is 72.2 Å². The molecule has 2 rings (SSSR count). The van der Waals surface area contributed by atoms with Crippen molar-refractivity contribution >= 4 is 34.0 Å². The highest BCUT2D eigenvalue weighted by atomic mass is 35.5. The van der Waals surface area contributed by atoms with Crippen LogP contribution in [-0.4, -0.2) is 42.3 Å². The highest BCUT2D eigenvalue weighted by molar-refractivity contribution is 7.84. The molecule has 0 radical (unpaired) electrons. The number of rotatable bonds is 5. The summed E-state index contributed by atoms with van der Waals surface area (Å²) in [5.74, 6) is 1.92. The second-order valence-electron chi connectivity index (χ2n) is 3.91. The molecule has 6 nitrogen and oxygen atoms in total. The Morgan fingerprint density at radius 3 is 3.06 bits per heavy atom. The van der Waals surface area contributed by atoms with E-state index in [1.165, 1.54) is 6.33 Å². The zero-order valence-electron chi connectivity index (χ0n) is 10.2. The molecule has 0 saturated carbocycles. The predicted molar refractivity (Wildman–Crippen MR) is 72.6 cm³/mol. The highest BCUT2D eigenvalue weighted by Gasteiger charge is 2.11. The summed E-state index contributed by atoms with van der Waals surface area (Å²) >= 11 is 6.03. The summed E-state index contributed by atoms with van der Waals surface area (Å²) in [6.45, 7) is 2.58. The minimum Gasteiger partial charge on any atom is -0.370 e. The van der Waals surface area contributed by atoms with E-state index < -0.39 is 10.8 Å². The minimum atomic E-state index is -0.766. The van der Waals surface area contributed by atoms with Crippen molar-refractivity contribution in [3.05, 3.63) is 17.0 Å². The number of anilines is 1. The summed E-state index contributed by atoms with van der Waals surface area (Å²) < 4.78 is 12.6. The van der Waals surface area contributed by atoms with E-state index in [1.54, 1.807) is 10.8 Å². The first-order valence-corrected chi connectivity index (χ1v) is 7.60. The fraction of sp³-hybridized carbons (Fsp3) is 0.500. The fourth-order valence-corrected chi connectivity index (χ4v) is 2.30. The number of fused-ring (bicyclic) bond motifs is 1. The number of halogens is 1. The Morgan fingerprint density at radius 2 is 2.33 bits per heavy atom. The Bertz CT molecular complexity index is 585. The monoisotopic (exact) mass is 287 g/mol. The molecule has 98 valence electrons. The van der Waals surface area contributed by atoms with Crippen LogP contribution >= 0.6 is 11.6 Å². The van der Waals surface area contributed by atoms with Crippen molar-refractivity contribution in [2.75, 3.05) is 23.9 Å². The lowest BCUT2D eigenvalue weighted by atomic mass is 10.3. The van der Waals surface area contributed by atoms with Gasteiger partial charge in [-0.05, 0) is 13.3 Å². The molecule has 1 atom stereocenters. The zero-order chi connectivity index (χ0) is 13.1. The SMILES string of the molecule is Cc1c(Cl)nc2ncnn2c1NCCCS(C)=O. The van der Waals surface area contributed by atoms with Gasteiger partial charge in [-0.2, -0.15) is 19.6 Å². The van der Waals surface area contributed by atoms with Gasteiger partial charge in [-0.25, -0.2) is 0 Å². The molecule has 2 aromatic rings. The van der Waals surface area contributed by atoms with Crippen molar-refractivity contribution in [1.82, 2.24) is 19.6 Å². The number of aromatic nitrogens is 4. The Labute approximate surface area is 112 Å². The largest absolute Gasteiger partial charge is 0.370 e. The molecule has 2 aromatic heterocycles. The molecule has 1 N–H and O–H groups in total. The van der Waals surface area contributed by atoms with E-state index in [1.807, 2.05) is 6.92 Å². The van der Waals surface area contributed by atoms with E-state index in [2.05, 4.69) is 20.4 Å². The molecule has 2 heterocycles. The minimum absolute atomic E-state index is 0.414. The third-order valence-corrected chi connectivity index (χ3v) is 3.74. The van der Waals surface area contributed by atoms with E-state index in [0.29, 0.717) is 23.2 Å². The normalized spacial score (nSPS) is 12.8. The molecule has 0 fully saturated rings. The smallest absolute Gasteiger partial charge is 0.255 e. The molecular formula is C10H14ClN5OS. The first kappa shape index (κ1) is 13.2. The second-order valence-corrected chi connectivity index (χ2v) is 5.82. The summed E-state index contributed by atoms with van der Waals surface area (Å²) in [6.07, 6.45) is 3.95. The molecule has 0 aliphatic carbocycles. The van der Waals surface area contributed by atoms with Gasteiger partial charge in [0, 0.05) is 34.9 Å². The number of nitrogens with one attached hydrogen (secondary N) is 1. The maximum absolute atomic E-state index is 11.0. The van der Waals surface area contributed by atoms with Crippen molar-refractivity contribution in [2.24, 2.45) is 0 Å². The second kappa shape index (κ2) is 5.62. The Hall–Kier alpha value is -1.21. The van der Waals surface area contributed by atoms with Crippen LogP contribution in [0.1, 0.15) is 12.0 Å². The summed E-state index contributed by atoms with van der Waals surface area (Å²) in [4.78, 5) is 8.12. The van der Waals surface area contributed by atoms with Gasteiger partial charge in [0.15, 0.2) is 0 Å². The molecule has 0 amide bonds. The third kappa shape index (κ3) is 2.78. The molecule has 0 aliphatic heterocycles. The van der Waals surface area contributed by atoms with E-state index in [4.69, 9.17) is 11.6 Å². The van der Waals surface area contributed by atoms with Gasteiger partial charge >= 0.3 is 0 Å². The van der Waals surface area contributed by atoms with Crippen molar-refractivity contribution in [1.29, 1.82) is 0 Å². The average molecular weight is 288 g/mol. The maximum atomic E-state index is 11.0. The van der Waals surface area contributed by atoms with E-state index in [-0.39, 0.29) is 0 Å². The van der Waals surface area contributed by atoms with Gasteiger partial charge in [0.05, 0.1) is 0 Å². The summed E-state index contributed by atoms with van der Waals surface area (Å²) in [7, 11) is -0.766. The van der Waals surface area contributed by atoms with Gasteiger partial charge < -0.3 is 5.32 Å². The molecule has 0 saturated heterocycles. The van der Waals surface area contributed by atoms with Crippen LogP contribution in [-0.2, 0) is 10.8 Å². The molecule has 8 heteroatoms. The molecule has 0 aromatic carbocycles. The van der Waals surface area contributed by atoms with Gasteiger partial charge in [-0.3, -0.25) is 4.21 Å². The number of hydrogen-bond donors (Lipinski definition) is 1. The lowest BCUT2D eigenvalue weighted by Gasteiger charge is -2.11. The molecule has 0 spiro atoms. The molecule has 0 aliphatic rings. The van der Waals surface area contributed by atoms with E-state index in [9.17, 15) is 4.21 Å². The van der Waals surface area contributed by atoms with Crippen LogP contribution < -0.4 is 5.32 Å². The Morgan fingerprint density at radius 1 is 1.56 bits per heavy atom. The fourth-order valence-electron chi connectivity index (χ4n) is 1.59. The molecule has 0 bridgehead atoms. The maximum Gasteiger partial charge on any atom is 0.255 e. The van der Waals surface area contributed by atoms with Crippen molar-refractivity contribution in [3.8, 4) is 0 Å². The van der Waals surface area contributed by atoms with Crippen LogP contribution in [0.25, 0.3) is 5.78 Å². The average Bonchev–Trinajstić information content (AvgIpc) is 2.76. The van der Waals surface area contributed by atoms with Crippen molar-refractivity contribution in [2.45, 2.75) is 13.3 Å². The van der Waals surface area contributed by atoms with Gasteiger partial charge in [0.1, 0.15) is 17.3 Å². The zero-order valence-corrected chi connectivity index (χ0v) is 11.8. The molecule has 18 heavy (non-hydrogen) atoms. The lowest BCUT2D eigenvalue weighted by molar-refractivity contribution is 0.685. The van der Waals surface area contributed by atoms with Gasteiger partial charge in [0.25, 0.3) is 5.78 Å². The van der Waals surface area contributed by atoms with Crippen LogP contribution in [0.4, 0.5) is 5.82 Å². The van der Waals surface area contributed by atoms with E-state index in [0.717, 1.165) is 17.8 Å². The van der Waals surface area contributed by atoms with Crippen molar-refractivity contribution in [3.63, 3.8) is 0 Å². The molecular weight excluding hydrogens is 274 g/mol. The molecule has 1 unspecified atom stereocenters. The van der Waals surface area contributed by atoms with Crippen LogP contribution in [0, 0.1) is 6.92 Å². The quantitative estimate of drug-likeness (QED) is 0.662. The standard InChI is InChI=1S/C10H14ClN5OS/c1-7-8(11)15-10-13-6-14-16(10)9(7)12-4-3-5-18(2)17/h6,12H,3-5H2,1-2H3. The Balaban J connectivity index is 2.18. The van der Waals surface area contributed by atoms with Gasteiger partial charge in [-0.1, -0.05) is 11.6 Å². The van der Waals surface area contributed by atoms with Gasteiger partial charge in [-0.15, -0.1) is 0 Å². The first-order chi connectivity index (χ1) is 8.59. The Kier molecular flexibility index (Phi) is 4.13. The third-order valence-electron chi connectivity index (χ3n) is 2.51. The van der Waals surface area contributed by atoms with E-state index >= 15 is 0 Å². The summed E-state index contributed by atoms with van der Waals surface area (Å²) in [6, 6.07) is 0. The van der Waals surface area contributed by atoms with Gasteiger partial charge in [0.2, 0.25) is 0 Å². The summed E-state index contributed by atoms with van der Waals surface area (Å²) in [5.41, 5.74) is 0.826. The summed E-state index contributed by atoms with van der Waals surface area (Å²) in [5, 5.41) is 7.75. The van der Waals surface area contributed by atoms with Crippen LogP contribution in [0.15, 0.2) is 6.33 Å². The van der Waals surface area contributed by atoms with Crippen LogP contribution in [0.3, 0.4) is 0 Å². The van der Waals surface area contributed by atoms with Crippen molar-refractivity contribution < 1.29 is 4.21 Å². The predicted octanol–water partition coefficient (Wildman–Crippen LogP) is 1.27. The lowest BCUT2D eigenvalue weighted by Crippen LogP contribution is -2.12. The number of hydrogen-bond acceptors (Lipinski definition) is 5. The highest BCUT2D eigenvalue weighted by Crippen LogP contribution is 2.21. The first-order valence-electron chi connectivity index (χ1n) is 5.49. The number of nitrogens with zero attached hydrogens (tertiary/aromatic N) is 4. The van der Waals surface area contributed by atoms with Crippen LogP contribution in [0.2, 0.25) is 5.15 Å².